The number of para-hydroxylation sites is 2. The zero-order valence-electron chi connectivity index (χ0n) is 15.5. The van der Waals surface area contributed by atoms with Crippen LogP contribution in [0.3, 0.4) is 0 Å². The number of methoxy groups -OCH3 is 2. The minimum Gasteiger partial charge on any atom is -0.496 e. The molecule has 1 N–H and O–H groups in total. The van der Waals surface area contributed by atoms with E-state index in [2.05, 4.69) is 4.72 Å². The number of sulfonamides is 1. The van der Waals surface area contributed by atoms with E-state index in [0.717, 1.165) is 16.9 Å². The van der Waals surface area contributed by atoms with Crippen LogP contribution < -0.4 is 14.2 Å². The normalized spacial score (nSPS) is 11.1. The molecule has 3 aromatic rings. The average molecular weight is 418 g/mol. The van der Waals surface area contributed by atoms with Crippen molar-refractivity contribution < 1.29 is 17.9 Å². The lowest BCUT2D eigenvalue weighted by molar-refractivity contribution is 0.403. The predicted octanol–water partition coefficient (Wildman–Crippen LogP) is 4.75. The Bertz CT molecular complexity index is 1080. The third kappa shape index (κ3) is 4.40. The number of ether oxygens (including phenoxy) is 2. The SMILES string of the molecule is COc1ccccc1Cc1cc(Cl)ccc1NS(=O)(=O)c1ccccc1OC. The summed E-state index contributed by atoms with van der Waals surface area (Å²) in [5, 5.41) is 0.519. The Hall–Kier alpha value is -2.70. The molecule has 0 aliphatic carbocycles. The summed E-state index contributed by atoms with van der Waals surface area (Å²) in [7, 11) is -0.815. The zero-order chi connectivity index (χ0) is 20.1. The molecule has 0 spiro atoms. The van der Waals surface area contributed by atoms with Crippen molar-refractivity contribution >= 4 is 27.3 Å². The molecule has 28 heavy (non-hydrogen) atoms. The number of benzene rings is 3. The van der Waals surface area contributed by atoms with Gasteiger partial charge in [0, 0.05) is 11.4 Å². The molecule has 0 saturated heterocycles. The van der Waals surface area contributed by atoms with Crippen LogP contribution >= 0.6 is 11.6 Å². The fraction of sp³-hybridized carbons (Fsp3) is 0.143. The molecule has 0 atom stereocenters. The summed E-state index contributed by atoms with van der Waals surface area (Å²) in [6, 6.07) is 19.1. The van der Waals surface area contributed by atoms with Gasteiger partial charge in [0.2, 0.25) is 0 Å². The largest absolute Gasteiger partial charge is 0.496 e. The second kappa shape index (κ2) is 8.54. The average Bonchev–Trinajstić information content (AvgIpc) is 2.70. The molecule has 146 valence electrons. The van der Waals surface area contributed by atoms with Gasteiger partial charge in [0.1, 0.15) is 16.4 Å². The molecule has 0 radical (unpaired) electrons. The highest BCUT2D eigenvalue weighted by molar-refractivity contribution is 7.92. The molecule has 0 aliphatic heterocycles. The van der Waals surface area contributed by atoms with Gasteiger partial charge in [-0.05, 0) is 47.5 Å². The van der Waals surface area contributed by atoms with Gasteiger partial charge in [0.25, 0.3) is 10.0 Å². The molecule has 0 amide bonds. The van der Waals surface area contributed by atoms with Gasteiger partial charge in [-0.1, -0.05) is 41.9 Å². The van der Waals surface area contributed by atoms with Gasteiger partial charge in [0.15, 0.2) is 0 Å². The van der Waals surface area contributed by atoms with Crippen molar-refractivity contribution in [1.82, 2.24) is 0 Å². The van der Waals surface area contributed by atoms with Crippen molar-refractivity contribution in [2.45, 2.75) is 11.3 Å². The standard InChI is InChI=1S/C21H20ClNO4S/c1-26-19-8-4-3-7-15(19)13-16-14-17(22)11-12-18(16)23-28(24,25)21-10-6-5-9-20(21)27-2/h3-12,14,23H,13H2,1-2H3. The molecular weight excluding hydrogens is 398 g/mol. The van der Waals surface area contributed by atoms with E-state index >= 15 is 0 Å². The Morgan fingerprint density at radius 2 is 1.50 bits per heavy atom. The molecule has 0 aromatic heterocycles. The monoisotopic (exact) mass is 417 g/mol. The number of nitrogens with one attached hydrogen (secondary N) is 1. The van der Waals surface area contributed by atoms with Crippen LogP contribution in [0.15, 0.2) is 71.6 Å². The first-order valence-corrected chi connectivity index (χ1v) is 10.4. The van der Waals surface area contributed by atoms with Crippen LogP contribution in [0.1, 0.15) is 11.1 Å². The van der Waals surface area contributed by atoms with Crippen LogP contribution in [-0.2, 0) is 16.4 Å². The van der Waals surface area contributed by atoms with Crippen molar-refractivity contribution in [3.05, 3.63) is 82.9 Å². The van der Waals surface area contributed by atoms with Crippen LogP contribution in [0.25, 0.3) is 0 Å². The minimum atomic E-state index is -3.85. The highest BCUT2D eigenvalue weighted by atomic mass is 35.5. The van der Waals surface area contributed by atoms with E-state index in [9.17, 15) is 8.42 Å². The predicted molar refractivity (Wildman–Crippen MR) is 111 cm³/mol. The summed E-state index contributed by atoms with van der Waals surface area (Å²) in [6.45, 7) is 0. The van der Waals surface area contributed by atoms with E-state index < -0.39 is 10.0 Å². The van der Waals surface area contributed by atoms with Gasteiger partial charge in [-0.2, -0.15) is 0 Å². The smallest absolute Gasteiger partial charge is 0.265 e. The first-order chi connectivity index (χ1) is 13.4. The first-order valence-electron chi connectivity index (χ1n) is 8.51. The minimum absolute atomic E-state index is 0.0655. The number of hydrogen-bond donors (Lipinski definition) is 1. The summed E-state index contributed by atoms with van der Waals surface area (Å²) in [6.07, 6.45) is 0.453. The third-order valence-corrected chi connectivity index (χ3v) is 5.88. The van der Waals surface area contributed by atoms with Gasteiger partial charge >= 0.3 is 0 Å². The van der Waals surface area contributed by atoms with Crippen LogP contribution in [0, 0.1) is 0 Å². The molecule has 3 rings (SSSR count). The molecule has 0 fully saturated rings. The lowest BCUT2D eigenvalue weighted by Crippen LogP contribution is -2.15. The summed E-state index contributed by atoms with van der Waals surface area (Å²) < 4.78 is 39.1. The molecule has 5 nitrogen and oxygen atoms in total. The number of halogens is 1. The molecule has 0 saturated carbocycles. The number of anilines is 1. The summed E-state index contributed by atoms with van der Waals surface area (Å²) in [5.41, 5.74) is 2.10. The van der Waals surface area contributed by atoms with E-state index in [-0.39, 0.29) is 10.6 Å². The fourth-order valence-corrected chi connectivity index (χ4v) is 4.37. The van der Waals surface area contributed by atoms with E-state index in [1.54, 1.807) is 43.5 Å². The summed E-state index contributed by atoms with van der Waals surface area (Å²) in [4.78, 5) is 0.0655. The van der Waals surface area contributed by atoms with E-state index in [1.807, 2.05) is 24.3 Å². The highest BCUT2D eigenvalue weighted by Crippen LogP contribution is 2.30. The highest BCUT2D eigenvalue weighted by Gasteiger charge is 2.21. The molecule has 7 heteroatoms. The molecular formula is C21H20ClNO4S. The molecule has 0 unspecified atom stereocenters. The van der Waals surface area contributed by atoms with Crippen molar-refractivity contribution in [3.63, 3.8) is 0 Å². The number of rotatable bonds is 7. The van der Waals surface area contributed by atoms with Gasteiger partial charge in [-0.3, -0.25) is 4.72 Å². The molecule has 0 heterocycles. The Kier molecular flexibility index (Phi) is 6.11. The second-order valence-corrected chi connectivity index (χ2v) is 8.13. The first kappa shape index (κ1) is 20.0. The quantitative estimate of drug-likeness (QED) is 0.602. The van der Waals surface area contributed by atoms with Crippen LogP contribution in [-0.4, -0.2) is 22.6 Å². The Morgan fingerprint density at radius 1 is 0.857 bits per heavy atom. The molecule has 0 aliphatic rings. The van der Waals surface area contributed by atoms with Crippen molar-refractivity contribution in [2.24, 2.45) is 0 Å². The third-order valence-electron chi connectivity index (χ3n) is 4.24. The lowest BCUT2D eigenvalue weighted by Gasteiger charge is -2.16. The maximum Gasteiger partial charge on any atom is 0.265 e. The van der Waals surface area contributed by atoms with Gasteiger partial charge in [0.05, 0.1) is 19.9 Å². The van der Waals surface area contributed by atoms with Crippen molar-refractivity contribution in [2.75, 3.05) is 18.9 Å². The lowest BCUT2D eigenvalue weighted by atomic mass is 10.0. The van der Waals surface area contributed by atoms with E-state index in [1.165, 1.54) is 13.2 Å². The Morgan fingerprint density at radius 3 is 2.21 bits per heavy atom. The topological polar surface area (TPSA) is 64.6 Å². The van der Waals surface area contributed by atoms with Crippen LogP contribution in [0.5, 0.6) is 11.5 Å². The van der Waals surface area contributed by atoms with Gasteiger partial charge in [-0.15, -0.1) is 0 Å². The maximum absolute atomic E-state index is 12.9. The van der Waals surface area contributed by atoms with Crippen molar-refractivity contribution in [3.8, 4) is 11.5 Å². The van der Waals surface area contributed by atoms with Crippen molar-refractivity contribution in [1.29, 1.82) is 0 Å². The van der Waals surface area contributed by atoms with E-state index in [0.29, 0.717) is 17.1 Å². The van der Waals surface area contributed by atoms with Crippen LogP contribution in [0.4, 0.5) is 5.69 Å². The maximum atomic E-state index is 12.9. The Balaban J connectivity index is 1.99. The fourth-order valence-electron chi connectivity index (χ4n) is 2.90. The molecule has 0 bridgehead atoms. The molecule has 3 aromatic carbocycles. The summed E-state index contributed by atoms with van der Waals surface area (Å²) >= 11 is 6.16. The summed E-state index contributed by atoms with van der Waals surface area (Å²) in [5.74, 6) is 0.997. The number of hydrogen-bond acceptors (Lipinski definition) is 4. The second-order valence-electron chi connectivity index (χ2n) is 6.05. The van der Waals surface area contributed by atoms with E-state index in [4.69, 9.17) is 21.1 Å². The zero-order valence-corrected chi connectivity index (χ0v) is 17.0. The van der Waals surface area contributed by atoms with Crippen LogP contribution in [0.2, 0.25) is 5.02 Å². The Labute approximate surface area is 169 Å². The van der Waals surface area contributed by atoms with Gasteiger partial charge in [-0.25, -0.2) is 8.42 Å². The van der Waals surface area contributed by atoms with Gasteiger partial charge < -0.3 is 9.47 Å².